The molecular weight excluding hydrogens is 154 g/mol. The SMILES string of the molecule is C=C(CBr)N(C)C. The molecule has 0 aliphatic rings. The minimum Gasteiger partial charge on any atom is -0.381 e. The Balaban J connectivity index is 3.35. The van der Waals surface area contributed by atoms with Crippen LogP contribution in [-0.2, 0) is 0 Å². The fraction of sp³-hybridized carbons (Fsp3) is 0.600. The van der Waals surface area contributed by atoms with Crippen LogP contribution in [0.3, 0.4) is 0 Å². The number of allylic oxidation sites excluding steroid dienone is 1. The number of nitrogens with zero attached hydrogens (tertiary/aromatic N) is 1. The summed E-state index contributed by atoms with van der Waals surface area (Å²) < 4.78 is 0. The lowest BCUT2D eigenvalue weighted by Crippen LogP contribution is -2.10. The fourth-order valence-corrected chi connectivity index (χ4v) is 0.621. The summed E-state index contributed by atoms with van der Waals surface area (Å²) in [6.45, 7) is 3.75. The molecule has 0 heterocycles. The van der Waals surface area contributed by atoms with E-state index in [0.717, 1.165) is 11.0 Å². The molecule has 0 aliphatic heterocycles. The third-order valence-electron chi connectivity index (χ3n) is 0.787. The summed E-state index contributed by atoms with van der Waals surface area (Å²) >= 11 is 3.27. The van der Waals surface area contributed by atoms with Crippen LogP contribution in [0.25, 0.3) is 0 Å². The third kappa shape index (κ3) is 2.68. The van der Waals surface area contributed by atoms with Crippen LogP contribution in [0.15, 0.2) is 12.3 Å². The summed E-state index contributed by atoms with van der Waals surface area (Å²) in [6, 6.07) is 0. The van der Waals surface area contributed by atoms with Gasteiger partial charge in [0.1, 0.15) is 0 Å². The molecular formula is C5H10BrN. The zero-order valence-corrected chi connectivity index (χ0v) is 6.33. The maximum atomic E-state index is 3.75. The van der Waals surface area contributed by atoms with E-state index in [1.54, 1.807) is 0 Å². The lowest BCUT2D eigenvalue weighted by atomic mass is 10.5. The molecule has 0 amide bonds. The van der Waals surface area contributed by atoms with Gasteiger partial charge in [-0.25, -0.2) is 0 Å². The normalized spacial score (nSPS) is 8.43. The molecule has 0 aromatic heterocycles. The third-order valence-corrected chi connectivity index (χ3v) is 1.43. The van der Waals surface area contributed by atoms with Crippen molar-refractivity contribution in [1.29, 1.82) is 0 Å². The fourth-order valence-electron chi connectivity index (χ4n) is 0.120. The first kappa shape index (κ1) is 7.02. The first-order chi connectivity index (χ1) is 3.18. The standard InChI is InChI=1S/C5H10BrN/c1-5(4-6)7(2)3/h1,4H2,2-3H3. The smallest absolute Gasteiger partial charge is 0.0426 e. The molecule has 0 radical (unpaired) electrons. The molecule has 2 heteroatoms. The first-order valence-corrected chi connectivity index (χ1v) is 3.21. The van der Waals surface area contributed by atoms with Crippen LogP contribution in [-0.4, -0.2) is 24.3 Å². The highest BCUT2D eigenvalue weighted by Crippen LogP contribution is 1.96. The van der Waals surface area contributed by atoms with Crippen LogP contribution in [0.1, 0.15) is 0 Å². The molecule has 0 atom stereocenters. The Labute approximate surface area is 53.1 Å². The topological polar surface area (TPSA) is 3.24 Å². The van der Waals surface area contributed by atoms with Gasteiger partial charge in [0.05, 0.1) is 0 Å². The van der Waals surface area contributed by atoms with Gasteiger partial charge in [-0.15, -0.1) is 0 Å². The molecule has 0 aromatic rings. The second-order valence-corrected chi connectivity index (χ2v) is 2.16. The van der Waals surface area contributed by atoms with Gasteiger partial charge in [0.25, 0.3) is 0 Å². The molecule has 0 fully saturated rings. The number of rotatable bonds is 2. The Hall–Kier alpha value is 0.0200. The van der Waals surface area contributed by atoms with Gasteiger partial charge in [0, 0.05) is 25.1 Å². The molecule has 1 nitrogen and oxygen atoms in total. The minimum absolute atomic E-state index is 0.861. The Morgan fingerprint density at radius 3 is 2.14 bits per heavy atom. The van der Waals surface area contributed by atoms with Crippen LogP contribution >= 0.6 is 15.9 Å². The van der Waals surface area contributed by atoms with Gasteiger partial charge in [-0.3, -0.25) is 0 Å². The zero-order valence-electron chi connectivity index (χ0n) is 4.74. The summed E-state index contributed by atoms with van der Waals surface area (Å²) in [4.78, 5) is 1.98. The van der Waals surface area contributed by atoms with Crippen LogP contribution in [0.2, 0.25) is 0 Å². The molecule has 0 unspecified atom stereocenters. The average molecular weight is 164 g/mol. The molecule has 42 valence electrons. The molecule has 0 saturated heterocycles. The second-order valence-electron chi connectivity index (χ2n) is 1.59. The Morgan fingerprint density at radius 2 is 2.14 bits per heavy atom. The van der Waals surface area contributed by atoms with Gasteiger partial charge in [-0.05, 0) is 0 Å². The van der Waals surface area contributed by atoms with E-state index in [2.05, 4.69) is 22.5 Å². The highest BCUT2D eigenvalue weighted by atomic mass is 79.9. The quantitative estimate of drug-likeness (QED) is 0.558. The van der Waals surface area contributed by atoms with Crippen LogP contribution in [0.4, 0.5) is 0 Å². The number of alkyl halides is 1. The lowest BCUT2D eigenvalue weighted by molar-refractivity contribution is 0.520. The van der Waals surface area contributed by atoms with Crippen LogP contribution < -0.4 is 0 Å². The molecule has 0 bridgehead atoms. The number of hydrogen-bond acceptors (Lipinski definition) is 1. The number of halogens is 1. The first-order valence-electron chi connectivity index (χ1n) is 2.09. The van der Waals surface area contributed by atoms with Crippen molar-refractivity contribution in [1.82, 2.24) is 4.90 Å². The van der Waals surface area contributed by atoms with Gasteiger partial charge in [-0.2, -0.15) is 0 Å². The van der Waals surface area contributed by atoms with Crippen molar-refractivity contribution in [3.8, 4) is 0 Å². The highest BCUT2D eigenvalue weighted by molar-refractivity contribution is 9.09. The lowest BCUT2D eigenvalue weighted by Gasteiger charge is -2.11. The van der Waals surface area contributed by atoms with Crippen molar-refractivity contribution in [2.45, 2.75) is 0 Å². The van der Waals surface area contributed by atoms with E-state index >= 15 is 0 Å². The van der Waals surface area contributed by atoms with E-state index in [9.17, 15) is 0 Å². The van der Waals surface area contributed by atoms with Gasteiger partial charge in [0.15, 0.2) is 0 Å². The van der Waals surface area contributed by atoms with Crippen molar-refractivity contribution in [2.75, 3.05) is 19.4 Å². The predicted molar refractivity (Wildman–Crippen MR) is 36.6 cm³/mol. The molecule has 0 saturated carbocycles. The summed E-state index contributed by atoms with van der Waals surface area (Å²) in [6.07, 6.45) is 0. The van der Waals surface area contributed by atoms with E-state index in [1.165, 1.54) is 0 Å². The van der Waals surface area contributed by atoms with E-state index in [0.29, 0.717) is 0 Å². The Bertz CT molecular complexity index is 68.5. The summed E-state index contributed by atoms with van der Waals surface area (Å²) in [5.41, 5.74) is 1.10. The summed E-state index contributed by atoms with van der Waals surface area (Å²) in [5.74, 6) is 0. The molecule has 0 aliphatic carbocycles. The maximum absolute atomic E-state index is 3.75. The van der Waals surface area contributed by atoms with Gasteiger partial charge in [0.2, 0.25) is 0 Å². The van der Waals surface area contributed by atoms with E-state index in [1.807, 2.05) is 19.0 Å². The van der Waals surface area contributed by atoms with Crippen LogP contribution in [0.5, 0.6) is 0 Å². The van der Waals surface area contributed by atoms with Gasteiger partial charge >= 0.3 is 0 Å². The summed E-state index contributed by atoms with van der Waals surface area (Å²) in [5, 5.41) is 0.861. The Morgan fingerprint density at radius 1 is 1.71 bits per heavy atom. The minimum atomic E-state index is 0.861. The molecule has 0 spiro atoms. The van der Waals surface area contributed by atoms with E-state index in [4.69, 9.17) is 0 Å². The average Bonchev–Trinajstić information content (AvgIpc) is 1.65. The largest absolute Gasteiger partial charge is 0.381 e. The molecule has 0 N–H and O–H groups in total. The number of hydrogen-bond donors (Lipinski definition) is 0. The van der Waals surface area contributed by atoms with Crippen molar-refractivity contribution in [3.63, 3.8) is 0 Å². The monoisotopic (exact) mass is 163 g/mol. The van der Waals surface area contributed by atoms with E-state index in [-0.39, 0.29) is 0 Å². The molecule has 0 rings (SSSR count). The van der Waals surface area contributed by atoms with Crippen molar-refractivity contribution < 1.29 is 0 Å². The van der Waals surface area contributed by atoms with E-state index < -0.39 is 0 Å². The van der Waals surface area contributed by atoms with Gasteiger partial charge < -0.3 is 4.90 Å². The maximum Gasteiger partial charge on any atom is 0.0426 e. The zero-order chi connectivity index (χ0) is 5.86. The van der Waals surface area contributed by atoms with Crippen molar-refractivity contribution >= 4 is 15.9 Å². The summed E-state index contributed by atoms with van der Waals surface area (Å²) in [7, 11) is 3.95. The second kappa shape index (κ2) is 3.08. The van der Waals surface area contributed by atoms with Gasteiger partial charge in [-0.1, -0.05) is 22.5 Å². The van der Waals surface area contributed by atoms with Crippen LogP contribution in [0, 0.1) is 0 Å². The Kier molecular flexibility index (Phi) is 3.09. The van der Waals surface area contributed by atoms with Crippen molar-refractivity contribution in [3.05, 3.63) is 12.3 Å². The van der Waals surface area contributed by atoms with Crippen molar-refractivity contribution in [2.24, 2.45) is 0 Å². The highest BCUT2D eigenvalue weighted by Gasteiger charge is 1.88. The molecule has 7 heavy (non-hydrogen) atoms. The predicted octanol–water partition coefficient (Wildman–Crippen LogP) is 1.46. The molecule has 0 aromatic carbocycles.